The Morgan fingerprint density at radius 3 is 1.50 bits per heavy atom. The van der Waals surface area contributed by atoms with Crippen LogP contribution in [0.15, 0.2) is 60.7 Å². The molecule has 2 aromatic carbocycles. The summed E-state index contributed by atoms with van der Waals surface area (Å²) in [5.74, 6) is 0. The molecule has 2 aromatic rings. The lowest BCUT2D eigenvalue weighted by Gasteiger charge is -2.44. The number of hydrogen-bond acceptors (Lipinski definition) is 2. The van der Waals surface area contributed by atoms with E-state index in [0.29, 0.717) is 0 Å². The van der Waals surface area contributed by atoms with E-state index in [1.165, 1.54) is 11.1 Å². The van der Waals surface area contributed by atoms with Crippen molar-refractivity contribution >= 4 is 0 Å². The molecule has 2 heteroatoms. The van der Waals surface area contributed by atoms with E-state index in [-0.39, 0.29) is 11.5 Å². The van der Waals surface area contributed by atoms with Gasteiger partial charge in [-0.3, -0.25) is 0 Å². The minimum atomic E-state index is -0.528. The van der Waals surface area contributed by atoms with Crippen LogP contribution in [0.25, 0.3) is 0 Å². The van der Waals surface area contributed by atoms with E-state index >= 15 is 0 Å². The summed E-state index contributed by atoms with van der Waals surface area (Å²) in [7, 11) is 0. The maximum atomic E-state index is 5.86. The van der Waals surface area contributed by atoms with Crippen molar-refractivity contribution in [2.75, 3.05) is 0 Å². The zero-order valence-electron chi connectivity index (χ0n) is 14.2. The van der Waals surface area contributed by atoms with Crippen molar-refractivity contribution in [1.82, 2.24) is 0 Å². The van der Waals surface area contributed by atoms with Crippen molar-refractivity contribution in [2.24, 2.45) is 0 Å². The molecule has 0 aliphatic heterocycles. The van der Waals surface area contributed by atoms with E-state index in [1.54, 1.807) is 0 Å². The molecule has 0 radical (unpaired) electrons. The minimum absolute atomic E-state index is 0.0232. The lowest BCUT2D eigenvalue weighted by atomic mass is 9.66. The fraction of sp³-hybridized carbons (Fsp3) is 0.400. The normalized spacial score (nSPS) is 12.6. The molecule has 2 nitrogen and oxygen atoms in total. The largest absolute Gasteiger partial charge is 0.233 e. The predicted molar refractivity (Wildman–Crippen MR) is 90.7 cm³/mol. The number of hydrogen-bond donors (Lipinski definition) is 0. The first kappa shape index (κ1) is 16.7. The average Bonchev–Trinajstić information content (AvgIpc) is 2.54. The van der Waals surface area contributed by atoms with Gasteiger partial charge in [-0.05, 0) is 45.7 Å². The molecule has 0 bridgehead atoms. The van der Waals surface area contributed by atoms with Gasteiger partial charge in [0.2, 0.25) is 0 Å². The summed E-state index contributed by atoms with van der Waals surface area (Å²) in [6.45, 7) is 10.3. The van der Waals surface area contributed by atoms with Gasteiger partial charge in [-0.1, -0.05) is 60.7 Å². The maximum absolute atomic E-state index is 5.86. The Morgan fingerprint density at radius 1 is 0.727 bits per heavy atom. The fourth-order valence-electron chi connectivity index (χ4n) is 2.70. The molecule has 0 heterocycles. The molecule has 22 heavy (non-hydrogen) atoms. The molecule has 0 spiro atoms. The van der Waals surface area contributed by atoms with Gasteiger partial charge in [0.1, 0.15) is 5.60 Å². The van der Waals surface area contributed by atoms with Crippen LogP contribution in [0.5, 0.6) is 0 Å². The maximum Gasteiger partial charge on any atom is 0.111 e. The second kappa shape index (κ2) is 6.64. The first-order valence-electron chi connectivity index (χ1n) is 7.83. The quantitative estimate of drug-likeness (QED) is 0.544. The topological polar surface area (TPSA) is 18.5 Å². The second-order valence-electron chi connectivity index (χ2n) is 6.60. The smallest absolute Gasteiger partial charge is 0.111 e. The highest BCUT2D eigenvalue weighted by Gasteiger charge is 2.46. The lowest BCUT2D eigenvalue weighted by molar-refractivity contribution is -0.381. The van der Waals surface area contributed by atoms with Crippen LogP contribution in [-0.4, -0.2) is 11.7 Å². The lowest BCUT2D eigenvalue weighted by Crippen LogP contribution is -2.48. The molecular weight excluding hydrogens is 272 g/mol. The molecule has 0 saturated carbocycles. The van der Waals surface area contributed by atoms with E-state index in [4.69, 9.17) is 9.78 Å². The highest BCUT2D eigenvalue weighted by Crippen LogP contribution is 2.43. The molecule has 0 saturated heterocycles. The third kappa shape index (κ3) is 3.23. The van der Waals surface area contributed by atoms with Gasteiger partial charge in [0.05, 0.1) is 6.10 Å². The molecule has 0 atom stereocenters. The van der Waals surface area contributed by atoms with E-state index in [2.05, 4.69) is 69.3 Å². The Morgan fingerprint density at radius 2 is 1.14 bits per heavy atom. The van der Waals surface area contributed by atoms with Crippen molar-refractivity contribution in [3.63, 3.8) is 0 Å². The molecule has 0 fully saturated rings. The molecule has 0 unspecified atom stereocenters. The fourth-order valence-corrected chi connectivity index (χ4v) is 2.70. The van der Waals surface area contributed by atoms with Crippen LogP contribution >= 0.6 is 0 Å². The standard InChI is InChI=1S/C20H26O2/c1-16(2)21-22-19(3,4)20(5,17-12-8-6-9-13-17)18-14-10-7-11-15-18/h6-16H,1-5H3. The number of rotatable bonds is 6. The predicted octanol–water partition coefficient (Wildman–Crippen LogP) is 5.13. The molecule has 118 valence electrons. The Labute approximate surface area is 134 Å². The van der Waals surface area contributed by atoms with Crippen LogP contribution in [0.4, 0.5) is 0 Å². The monoisotopic (exact) mass is 298 g/mol. The second-order valence-corrected chi connectivity index (χ2v) is 6.60. The summed E-state index contributed by atoms with van der Waals surface area (Å²) in [6, 6.07) is 20.9. The van der Waals surface area contributed by atoms with Gasteiger partial charge >= 0.3 is 0 Å². The Hall–Kier alpha value is -1.64. The molecule has 0 N–H and O–H groups in total. The number of benzene rings is 2. The molecule has 0 aliphatic rings. The molecule has 0 amide bonds. The first-order chi connectivity index (χ1) is 10.4. The van der Waals surface area contributed by atoms with Gasteiger partial charge in [-0.25, -0.2) is 9.78 Å². The summed E-state index contributed by atoms with van der Waals surface area (Å²) in [6.07, 6.45) is 0.0232. The molecular formula is C20H26O2. The van der Waals surface area contributed by atoms with E-state index in [0.717, 1.165) is 0 Å². The first-order valence-corrected chi connectivity index (χ1v) is 7.83. The summed E-state index contributed by atoms with van der Waals surface area (Å²) < 4.78 is 0. The van der Waals surface area contributed by atoms with Crippen LogP contribution in [0, 0.1) is 0 Å². The zero-order valence-corrected chi connectivity index (χ0v) is 14.2. The van der Waals surface area contributed by atoms with Gasteiger partial charge in [-0.2, -0.15) is 0 Å². The summed E-state index contributed by atoms with van der Waals surface area (Å²) in [4.78, 5) is 11.4. The molecule has 0 aromatic heterocycles. The van der Waals surface area contributed by atoms with Gasteiger partial charge in [0.15, 0.2) is 0 Å². The summed E-state index contributed by atoms with van der Waals surface area (Å²) in [5, 5.41) is 0. The highest BCUT2D eigenvalue weighted by atomic mass is 17.2. The van der Waals surface area contributed by atoms with Crippen molar-refractivity contribution in [3.05, 3.63) is 71.8 Å². The minimum Gasteiger partial charge on any atom is -0.233 e. The van der Waals surface area contributed by atoms with Crippen LogP contribution in [-0.2, 0) is 15.2 Å². The van der Waals surface area contributed by atoms with Crippen molar-refractivity contribution < 1.29 is 9.78 Å². The van der Waals surface area contributed by atoms with Crippen LogP contribution in [0.2, 0.25) is 0 Å². The van der Waals surface area contributed by atoms with E-state index < -0.39 is 5.60 Å². The molecule has 0 aliphatic carbocycles. The Kier molecular flexibility index (Phi) is 5.05. The van der Waals surface area contributed by atoms with Gasteiger partial charge in [0.25, 0.3) is 0 Å². The van der Waals surface area contributed by atoms with Crippen molar-refractivity contribution in [1.29, 1.82) is 0 Å². The molecule has 2 rings (SSSR count). The van der Waals surface area contributed by atoms with Crippen LogP contribution < -0.4 is 0 Å². The van der Waals surface area contributed by atoms with Crippen LogP contribution in [0.3, 0.4) is 0 Å². The van der Waals surface area contributed by atoms with Gasteiger partial charge < -0.3 is 0 Å². The Bertz CT molecular complexity index is 534. The van der Waals surface area contributed by atoms with Crippen molar-refractivity contribution in [2.45, 2.75) is 51.7 Å². The van der Waals surface area contributed by atoms with E-state index in [1.807, 2.05) is 26.0 Å². The van der Waals surface area contributed by atoms with Crippen LogP contribution in [0.1, 0.15) is 45.7 Å². The van der Waals surface area contributed by atoms with Crippen molar-refractivity contribution in [3.8, 4) is 0 Å². The Balaban J connectivity index is 2.51. The van der Waals surface area contributed by atoms with Gasteiger partial charge in [-0.15, -0.1) is 0 Å². The van der Waals surface area contributed by atoms with E-state index in [9.17, 15) is 0 Å². The SMILES string of the molecule is CC(C)OOC(C)(C)C(C)(c1ccccc1)c1ccccc1. The third-order valence-corrected chi connectivity index (χ3v) is 4.36. The third-order valence-electron chi connectivity index (χ3n) is 4.36. The highest BCUT2D eigenvalue weighted by molar-refractivity contribution is 5.41. The average molecular weight is 298 g/mol. The summed E-state index contributed by atoms with van der Waals surface area (Å²) in [5.41, 5.74) is 1.56. The summed E-state index contributed by atoms with van der Waals surface area (Å²) >= 11 is 0. The van der Waals surface area contributed by atoms with Gasteiger partial charge in [0, 0.05) is 5.41 Å². The zero-order chi connectivity index (χ0) is 16.2.